The van der Waals surface area contributed by atoms with E-state index in [9.17, 15) is 5.11 Å². The van der Waals surface area contributed by atoms with E-state index in [1.165, 1.54) is 0 Å². The third-order valence-corrected chi connectivity index (χ3v) is 3.30. The maximum Gasteiger partial charge on any atom is 0.146 e. The van der Waals surface area contributed by atoms with Gasteiger partial charge in [0.1, 0.15) is 17.9 Å². The van der Waals surface area contributed by atoms with Gasteiger partial charge in [0, 0.05) is 13.1 Å². The smallest absolute Gasteiger partial charge is 0.146 e. The molecule has 0 radical (unpaired) electrons. The zero-order chi connectivity index (χ0) is 13.0. The lowest BCUT2D eigenvalue weighted by molar-refractivity contribution is 0.471. The molecule has 0 aliphatic heterocycles. The Morgan fingerprint density at radius 1 is 1.39 bits per heavy atom. The summed E-state index contributed by atoms with van der Waals surface area (Å²) >= 11 is 3.30. The fraction of sp³-hybridized carbons (Fsp3) is 0.333. The first-order valence-corrected chi connectivity index (χ1v) is 6.54. The van der Waals surface area contributed by atoms with Crippen LogP contribution in [0.1, 0.15) is 18.3 Å². The Bertz CT molecular complexity index is 527. The van der Waals surface area contributed by atoms with Crippen LogP contribution in [0.5, 0.6) is 5.75 Å². The lowest BCUT2D eigenvalue weighted by atomic mass is 10.2. The number of phenols is 1. The van der Waals surface area contributed by atoms with Crippen LogP contribution >= 0.6 is 15.9 Å². The second-order valence-corrected chi connectivity index (χ2v) is 4.78. The minimum Gasteiger partial charge on any atom is -0.507 e. The SMILES string of the molecule is CCn1cnnc1CNCc1ccc(O)c(Br)c1. The lowest BCUT2D eigenvalue weighted by Gasteiger charge is -2.06. The van der Waals surface area contributed by atoms with Crippen molar-refractivity contribution in [2.24, 2.45) is 0 Å². The number of halogens is 1. The Labute approximate surface area is 114 Å². The van der Waals surface area contributed by atoms with E-state index in [4.69, 9.17) is 0 Å². The fourth-order valence-corrected chi connectivity index (χ4v) is 2.09. The van der Waals surface area contributed by atoms with Gasteiger partial charge in [-0.1, -0.05) is 6.07 Å². The molecular weight excluding hydrogens is 296 g/mol. The van der Waals surface area contributed by atoms with E-state index in [0.717, 1.165) is 24.5 Å². The van der Waals surface area contributed by atoms with E-state index >= 15 is 0 Å². The molecule has 0 spiro atoms. The molecule has 0 saturated carbocycles. The van der Waals surface area contributed by atoms with E-state index in [1.54, 1.807) is 12.4 Å². The molecule has 6 heteroatoms. The molecule has 1 aromatic carbocycles. The highest BCUT2D eigenvalue weighted by molar-refractivity contribution is 9.10. The van der Waals surface area contributed by atoms with Crippen LogP contribution in [0.3, 0.4) is 0 Å². The second kappa shape index (κ2) is 5.97. The van der Waals surface area contributed by atoms with Crippen molar-refractivity contribution in [3.63, 3.8) is 0 Å². The molecule has 18 heavy (non-hydrogen) atoms. The third kappa shape index (κ3) is 3.08. The van der Waals surface area contributed by atoms with Crippen molar-refractivity contribution in [1.29, 1.82) is 0 Å². The van der Waals surface area contributed by atoms with Crippen molar-refractivity contribution in [1.82, 2.24) is 20.1 Å². The molecule has 0 aliphatic rings. The molecule has 1 heterocycles. The molecule has 0 saturated heterocycles. The quantitative estimate of drug-likeness (QED) is 0.887. The predicted octanol–water partition coefficient (Wildman–Crippen LogP) is 2.06. The molecular formula is C12H15BrN4O. The minimum absolute atomic E-state index is 0.254. The van der Waals surface area contributed by atoms with E-state index in [-0.39, 0.29) is 5.75 Å². The first-order valence-electron chi connectivity index (χ1n) is 5.75. The third-order valence-electron chi connectivity index (χ3n) is 2.66. The Kier molecular flexibility index (Phi) is 4.33. The number of aryl methyl sites for hydroxylation is 1. The molecule has 0 fully saturated rings. The average molecular weight is 311 g/mol. The lowest BCUT2D eigenvalue weighted by Crippen LogP contribution is -2.16. The predicted molar refractivity (Wildman–Crippen MR) is 72.0 cm³/mol. The summed E-state index contributed by atoms with van der Waals surface area (Å²) in [5.41, 5.74) is 1.10. The van der Waals surface area contributed by atoms with E-state index in [1.807, 2.05) is 16.7 Å². The fourth-order valence-electron chi connectivity index (χ4n) is 1.66. The summed E-state index contributed by atoms with van der Waals surface area (Å²) in [4.78, 5) is 0. The van der Waals surface area contributed by atoms with Crippen molar-refractivity contribution in [3.8, 4) is 5.75 Å². The highest BCUT2D eigenvalue weighted by Gasteiger charge is 2.03. The maximum atomic E-state index is 9.40. The van der Waals surface area contributed by atoms with Crippen molar-refractivity contribution in [2.75, 3.05) is 0 Å². The topological polar surface area (TPSA) is 63.0 Å². The monoisotopic (exact) mass is 310 g/mol. The zero-order valence-electron chi connectivity index (χ0n) is 10.1. The zero-order valence-corrected chi connectivity index (χ0v) is 11.7. The number of phenolic OH excluding ortho intramolecular Hbond substituents is 1. The number of hydrogen-bond acceptors (Lipinski definition) is 4. The molecule has 2 rings (SSSR count). The van der Waals surface area contributed by atoms with Gasteiger partial charge in [-0.15, -0.1) is 10.2 Å². The van der Waals surface area contributed by atoms with Gasteiger partial charge in [-0.05, 0) is 40.5 Å². The molecule has 2 N–H and O–H groups in total. The standard InChI is InChI=1S/C12H15BrN4O/c1-2-17-8-15-16-12(17)7-14-6-9-3-4-11(18)10(13)5-9/h3-5,8,14,18H,2,6-7H2,1H3. The van der Waals surface area contributed by atoms with Gasteiger partial charge < -0.3 is 15.0 Å². The number of aromatic nitrogens is 3. The number of benzene rings is 1. The molecule has 0 bridgehead atoms. The van der Waals surface area contributed by atoms with Crippen molar-refractivity contribution in [3.05, 3.63) is 40.4 Å². The molecule has 0 atom stereocenters. The van der Waals surface area contributed by atoms with Crippen LogP contribution in [0, 0.1) is 0 Å². The molecule has 0 aliphatic carbocycles. The van der Waals surface area contributed by atoms with Crippen LogP contribution in [0.4, 0.5) is 0 Å². The molecule has 0 amide bonds. The number of aromatic hydroxyl groups is 1. The van der Waals surface area contributed by atoms with Gasteiger partial charge >= 0.3 is 0 Å². The van der Waals surface area contributed by atoms with Gasteiger partial charge in [0.15, 0.2) is 0 Å². The number of nitrogens with zero attached hydrogens (tertiary/aromatic N) is 3. The van der Waals surface area contributed by atoms with E-state index in [0.29, 0.717) is 11.0 Å². The summed E-state index contributed by atoms with van der Waals surface area (Å²) < 4.78 is 2.71. The minimum atomic E-state index is 0.254. The van der Waals surface area contributed by atoms with Crippen LogP contribution in [-0.2, 0) is 19.6 Å². The Hall–Kier alpha value is -1.40. The molecule has 5 nitrogen and oxygen atoms in total. The van der Waals surface area contributed by atoms with Crippen LogP contribution in [0.25, 0.3) is 0 Å². The number of hydrogen-bond donors (Lipinski definition) is 2. The summed E-state index contributed by atoms with van der Waals surface area (Å²) in [6, 6.07) is 5.46. The molecule has 1 aromatic heterocycles. The van der Waals surface area contributed by atoms with Crippen LogP contribution < -0.4 is 5.32 Å². The van der Waals surface area contributed by atoms with Gasteiger partial charge in [0.25, 0.3) is 0 Å². The summed E-state index contributed by atoms with van der Waals surface area (Å²) in [5, 5.41) is 20.6. The van der Waals surface area contributed by atoms with E-state index in [2.05, 4.69) is 38.4 Å². The second-order valence-electron chi connectivity index (χ2n) is 3.92. The first-order chi connectivity index (χ1) is 8.70. The van der Waals surface area contributed by atoms with Gasteiger partial charge in [-0.2, -0.15) is 0 Å². The number of rotatable bonds is 5. The normalized spacial score (nSPS) is 10.8. The Balaban J connectivity index is 1.90. The molecule has 0 unspecified atom stereocenters. The van der Waals surface area contributed by atoms with Gasteiger partial charge in [0.2, 0.25) is 0 Å². The first kappa shape index (κ1) is 13.0. The van der Waals surface area contributed by atoms with E-state index < -0.39 is 0 Å². The highest BCUT2D eigenvalue weighted by atomic mass is 79.9. The van der Waals surface area contributed by atoms with Gasteiger partial charge in [-0.3, -0.25) is 0 Å². The molecule has 2 aromatic rings. The maximum absolute atomic E-state index is 9.40. The van der Waals surface area contributed by atoms with Crippen molar-refractivity contribution >= 4 is 15.9 Å². The largest absolute Gasteiger partial charge is 0.507 e. The van der Waals surface area contributed by atoms with Crippen LogP contribution in [0.15, 0.2) is 29.0 Å². The number of nitrogens with one attached hydrogen (secondary N) is 1. The van der Waals surface area contributed by atoms with Crippen LogP contribution in [0.2, 0.25) is 0 Å². The van der Waals surface area contributed by atoms with Gasteiger partial charge in [-0.25, -0.2) is 0 Å². The van der Waals surface area contributed by atoms with Gasteiger partial charge in [0.05, 0.1) is 11.0 Å². The highest BCUT2D eigenvalue weighted by Crippen LogP contribution is 2.24. The summed E-state index contributed by atoms with van der Waals surface area (Å²) in [6.07, 6.45) is 1.73. The molecule has 96 valence electrons. The van der Waals surface area contributed by atoms with Crippen molar-refractivity contribution < 1.29 is 5.11 Å². The summed E-state index contributed by atoms with van der Waals surface area (Å²) in [6.45, 7) is 4.32. The Morgan fingerprint density at radius 3 is 2.94 bits per heavy atom. The van der Waals surface area contributed by atoms with Crippen molar-refractivity contribution in [2.45, 2.75) is 26.6 Å². The Morgan fingerprint density at radius 2 is 2.22 bits per heavy atom. The van der Waals surface area contributed by atoms with Crippen LogP contribution in [-0.4, -0.2) is 19.9 Å². The summed E-state index contributed by atoms with van der Waals surface area (Å²) in [7, 11) is 0. The average Bonchev–Trinajstić information content (AvgIpc) is 2.81. The summed E-state index contributed by atoms with van der Waals surface area (Å²) in [5.74, 6) is 1.18.